The fourth-order valence-corrected chi connectivity index (χ4v) is 2.44. The molecule has 0 amide bonds. The Kier molecular flexibility index (Phi) is 4.14. The van der Waals surface area contributed by atoms with E-state index in [1.165, 1.54) is 19.2 Å². The van der Waals surface area contributed by atoms with Crippen LogP contribution in [0.1, 0.15) is 26.7 Å². The summed E-state index contributed by atoms with van der Waals surface area (Å²) in [5, 5.41) is 0. The normalized spacial score (nSPS) is 27.1. The summed E-state index contributed by atoms with van der Waals surface area (Å²) in [4.78, 5) is 0. The van der Waals surface area contributed by atoms with E-state index in [2.05, 4.69) is 0 Å². The van der Waals surface area contributed by atoms with Gasteiger partial charge in [0, 0.05) is 25.0 Å². The van der Waals surface area contributed by atoms with Gasteiger partial charge in [0.2, 0.25) is 0 Å². The van der Waals surface area contributed by atoms with Crippen LogP contribution < -0.4 is 15.2 Å². The summed E-state index contributed by atoms with van der Waals surface area (Å²) < 4.78 is 30.3. The van der Waals surface area contributed by atoms with Gasteiger partial charge in [-0.2, -0.15) is 0 Å². The predicted molar refractivity (Wildman–Crippen MR) is 71.0 cm³/mol. The van der Waals surface area contributed by atoms with Crippen LogP contribution in [0.5, 0.6) is 11.5 Å². The molecule has 0 aromatic heterocycles. The van der Waals surface area contributed by atoms with E-state index in [0.29, 0.717) is 5.75 Å². The Bertz CT molecular complexity index is 443. The van der Waals surface area contributed by atoms with Crippen LogP contribution in [0.25, 0.3) is 0 Å². The van der Waals surface area contributed by atoms with E-state index in [4.69, 9.17) is 19.9 Å². The predicted octanol–water partition coefficient (Wildman–Crippen LogP) is 2.75. The van der Waals surface area contributed by atoms with E-state index in [9.17, 15) is 4.39 Å². The molecular weight excluding hydrogens is 249 g/mol. The van der Waals surface area contributed by atoms with Crippen molar-refractivity contribution in [3.8, 4) is 11.5 Å². The second-order valence-corrected chi connectivity index (χ2v) is 4.99. The van der Waals surface area contributed by atoms with E-state index in [1.807, 2.05) is 13.8 Å². The van der Waals surface area contributed by atoms with E-state index in [1.54, 1.807) is 0 Å². The first-order valence-electron chi connectivity index (χ1n) is 6.44. The van der Waals surface area contributed by atoms with Gasteiger partial charge in [-0.1, -0.05) is 0 Å². The number of hydrogen-bond donors (Lipinski definition) is 1. The molecule has 2 unspecified atom stereocenters. The summed E-state index contributed by atoms with van der Waals surface area (Å²) in [6, 6.07) is 2.72. The minimum Gasteiger partial charge on any atom is -0.494 e. The summed E-state index contributed by atoms with van der Waals surface area (Å²) in [5.74, 6) is 0.131. The molecule has 1 fully saturated rings. The summed E-state index contributed by atoms with van der Waals surface area (Å²) in [6.07, 6.45) is 1.67. The molecule has 1 aromatic carbocycles. The van der Waals surface area contributed by atoms with Crippen molar-refractivity contribution >= 4 is 5.69 Å². The van der Waals surface area contributed by atoms with Gasteiger partial charge in [-0.3, -0.25) is 0 Å². The zero-order valence-corrected chi connectivity index (χ0v) is 11.5. The maximum atomic E-state index is 13.8. The topological polar surface area (TPSA) is 53.7 Å². The fourth-order valence-electron chi connectivity index (χ4n) is 2.44. The number of anilines is 1. The summed E-state index contributed by atoms with van der Waals surface area (Å²) in [5.41, 5.74) is 5.90. The second kappa shape index (κ2) is 5.65. The second-order valence-electron chi connectivity index (χ2n) is 4.99. The van der Waals surface area contributed by atoms with E-state index < -0.39 is 5.82 Å². The van der Waals surface area contributed by atoms with Gasteiger partial charge < -0.3 is 19.9 Å². The number of benzene rings is 1. The molecular formula is C14H20FNO3. The maximum absolute atomic E-state index is 13.8. The van der Waals surface area contributed by atoms with Gasteiger partial charge in [0.05, 0.1) is 25.0 Å². The van der Waals surface area contributed by atoms with Crippen LogP contribution in [0.4, 0.5) is 10.1 Å². The number of rotatable bonds is 3. The molecule has 4 nitrogen and oxygen atoms in total. The van der Waals surface area contributed by atoms with Crippen LogP contribution in [0.2, 0.25) is 0 Å². The van der Waals surface area contributed by atoms with Crippen molar-refractivity contribution in [1.29, 1.82) is 0 Å². The van der Waals surface area contributed by atoms with Gasteiger partial charge in [0.25, 0.3) is 0 Å². The standard InChI is InChI=1S/C14H20FNO3/c1-8-4-10(5-9(2)18-8)19-13-7-14(17-3)12(16)6-11(13)15/h6-10H,4-5,16H2,1-3H3. The highest BCUT2D eigenvalue weighted by molar-refractivity contribution is 5.56. The minimum absolute atomic E-state index is 0.0541. The van der Waals surface area contributed by atoms with Gasteiger partial charge in [0.15, 0.2) is 11.6 Å². The lowest BCUT2D eigenvalue weighted by atomic mass is 10.0. The van der Waals surface area contributed by atoms with Crippen molar-refractivity contribution in [2.24, 2.45) is 0 Å². The SMILES string of the molecule is COc1cc(OC2CC(C)OC(C)C2)c(F)cc1N. The third kappa shape index (κ3) is 3.29. The van der Waals surface area contributed by atoms with Crippen molar-refractivity contribution in [3.05, 3.63) is 17.9 Å². The van der Waals surface area contributed by atoms with E-state index in [-0.39, 0.29) is 29.7 Å². The van der Waals surface area contributed by atoms with Crippen molar-refractivity contribution in [3.63, 3.8) is 0 Å². The molecule has 1 aromatic rings. The molecule has 106 valence electrons. The molecule has 0 aliphatic carbocycles. The number of halogens is 1. The highest BCUT2D eigenvalue weighted by Crippen LogP contribution is 2.32. The Balaban J connectivity index is 2.14. The third-order valence-electron chi connectivity index (χ3n) is 3.23. The van der Waals surface area contributed by atoms with Crippen LogP contribution in [-0.2, 0) is 4.74 Å². The number of nitrogens with two attached hydrogens (primary N) is 1. The summed E-state index contributed by atoms with van der Waals surface area (Å²) >= 11 is 0. The Labute approximate surface area is 112 Å². The van der Waals surface area contributed by atoms with Crippen molar-refractivity contribution in [2.75, 3.05) is 12.8 Å². The summed E-state index contributed by atoms with van der Waals surface area (Å²) in [7, 11) is 1.49. The Hall–Kier alpha value is -1.49. The first-order valence-corrected chi connectivity index (χ1v) is 6.44. The number of hydrogen-bond acceptors (Lipinski definition) is 4. The molecule has 1 aliphatic heterocycles. The quantitative estimate of drug-likeness (QED) is 0.857. The molecule has 0 saturated carbocycles. The van der Waals surface area contributed by atoms with Gasteiger partial charge >= 0.3 is 0 Å². The van der Waals surface area contributed by atoms with Crippen LogP contribution >= 0.6 is 0 Å². The molecule has 19 heavy (non-hydrogen) atoms. The van der Waals surface area contributed by atoms with Crippen molar-refractivity contribution in [1.82, 2.24) is 0 Å². The number of methoxy groups -OCH3 is 1. The molecule has 1 heterocycles. The molecule has 0 radical (unpaired) electrons. The zero-order valence-electron chi connectivity index (χ0n) is 11.5. The highest BCUT2D eigenvalue weighted by atomic mass is 19.1. The Morgan fingerprint density at radius 3 is 2.42 bits per heavy atom. The largest absolute Gasteiger partial charge is 0.494 e. The molecule has 5 heteroatoms. The fraction of sp³-hybridized carbons (Fsp3) is 0.571. The monoisotopic (exact) mass is 269 g/mol. The van der Waals surface area contributed by atoms with Gasteiger partial charge in [-0.25, -0.2) is 4.39 Å². The zero-order chi connectivity index (χ0) is 14.0. The first kappa shape index (κ1) is 13.9. The van der Waals surface area contributed by atoms with Gasteiger partial charge in [-0.05, 0) is 13.8 Å². The minimum atomic E-state index is -0.468. The lowest BCUT2D eigenvalue weighted by Gasteiger charge is -2.32. The maximum Gasteiger partial charge on any atom is 0.167 e. The molecule has 2 N–H and O–H groups in total. The van der Waals surface area contributed by atoms with E-state index >= 15 is 0 Å². The van der Waals surface area contributed by atoms with Crippen LogP contribution in [-0.4, -0.2) is 25.4 Å². The van der Waals surface area contributed by atoms with Gasteiger partial charge in [0.1, 0.15) is 11.9 Å². The van der Waals surface area contributed by atoms with Gasteiger partial charge in [-0.15, -0.1) is 0 Å². The first-order chi connectivity index (χ1) is 8.99. The van der Waals surface area contributed by atoms with Crippen LogP contribution in [0.15, 0.2) is 12.1 Å². The molecule has 1 aliphatic rings. The van der Waals surface area contributed by atoms with Crippen LogP contribution in [0, 0.1) is 5.82 Å². The average Bonchev–Trinajstić information content (AvgIpc) is 2.31. The Morgan fingerprint density at radius 1 is 1.21 bits per heavy atom. The molecule has 1 saturated heterocycles. The molecule has 2 atom stereocenters. The smallest absolute Gasteiger partial charge is 0.167 e. The summed E-state index contributed by atoms with van der Waals surface area (Å²) in [6.45, 7) is 3.98. The van der Waals surface area contributed by atoms with Crippen molar-refractivity contribution in [2.45, 2.75) is 45.0 Å². The molecule has 2 rings (SSSR count). The van der Waals surface area contributed by atoms with Crippen LogP contribution in [0.3, 0.4) is 0 Å². The lowest BCUT2D eigenvalue weighted by Crippen LogP contribution is -2.35. The highest BCUT2D eigenvalue weighted by Gasteiger charge is 2.26. The average molecular weight is 269 g/mol. The Morgan fingerprint density at radius 2 is 1.84 bits per heavy atom. The lowest BCUT2D eigenvalue weighted by molar-refractivity contribution is -0.0728. The molecule has 0 bridgehead atoms. The third-order valence-corrected chi connectivity index (χ3v) is 3.23. The number of ether oxygens (including phenoxy) is 3. The number of nitrogen functional groups attached to an aromatic ring is 1. The molecule has 0 spiro atoms. The van der Waals surface area contributed by atoms with E-state index in [0.717, 1.165) is 12.8 Å². The van der Waals surface area contributed by atoms with Crippen molar-refractivity contribution < 1.29 is 18.6 Å².